The summed E-state index contributed by atoms with van der Waals surface area (Å²) in [6.07, 6.45) is 1.83. The van der Waals surface area contributed by atoms with Crippen molar-refractivity contribution in [3.05, 3.63) is 65.7 Å². The second-order valence-electron chi connectivity index (χ2n) is 7.86. The topological polar surface area (TPSA) is 91.3 Å². The highest BCUT2D eigenvalue weighted by molar-refractivity contribution is 6.07. The Morgan fingerprint density at radius 1 is 1.12 bits per heavy atom. The number of carbonyl (C=O) groups is 3. The van der Waals surface area contributed by atoms with E-state index in [0.717, 1.165) is 33.9 Å². The molecule has 2 aliphatic rings. The fraction of sp³-hybridized carbons (Fsp3) is 0.333. The van der Waals surface area contributed by atoms with E-state index in [2.05, 4.69) is 10.4 Å². The number of methoxy groups -OCH3 is 1. The van der Waals surface area contributed by atoms with Gasteiger partial charge in [0, 0.05) is 6.42 Å². The SMILES string of the molecule is CCCC1NC(=O)N(CC(=O)N2N=C(c3ccccc3)CC2c2ccc(OC)cc2)C1=O. The normalized spacial score (nSPS) is 20.4. The summed E-state index contributed by atoms with van der Waals surface area (Å²) >= 11 is 0. The molecule has 0 aliphatic carbocycles. The molecule has 4 rings (SSSR count). The zero-order chi connectivity index (χ0) is 22.7. The Morgan fingerprint density at radius 3 is 2.50 bits per heavy atom. The first-order chi connectivity index (χ1) is 15.5. The third kappa shape index (κ3) is 4.21. The molecular weight excluding hydrogens is 408 g/mol. The van der Waals surface area contributed by atoms with Crippen LogP contribution in [0.25, 0.3) is 0 Å². The number of hydrazone groups is 1. The highest BCUT2D eigenvalue weighted by Gasteiger charge is 2.41. The van der Waals surface area contributed by atoms with E-state index in [9.17, 15) is 14.4 Å². The van der Waals surface area contributed by atoms with Gasteiger partial charge in [-0.2, -0.15) is 5.10 Å². The quantitative estimate of drug-likeness (QED) is 0.678. The molecular formula is C24H26N4O4. The molecule has 8 heteroatoms. The predicted molar refractivity (Wildman–Crippen MR) is 119 cm³/mol. The van der Waals surface area contributed by atoms with Crippen molar-refractivity contribution in [2.24, 2.45) is 5.10 Å². The van der Waals surface area contributed by atoms with Crippen LogP contribution in [0, 0.1) is 0 Å². The van der Waals surface area contributed by atoms with Gasteiger partial charge in [0.15, 0.2) is 0 Å². The maximum atomic E-state index is 13.3. The number of benzene rings is 2. The van der Waals surface area contributed by atoms with Crippen LogP contribution in [0.2, 0.25) is 0 Å². The Morgan fingerprint density at radius 2 is 1.84 bits per heavy atom. The second-order valence-corrected chi connectivity index (χ2v) is 7.86. The van der Waals surface area contributed by atoms with E-state index in [1.807, 2.05) is 61.5 Å². The fourth-order valence-electron chi connectivity index (χ4n) is 4.05. The lowest BCUT2D eigenvalue weighted by Gasteiger charge is -2.24. The summed E-state index contributed by atoms with van der Waals surface area (Å²) in [6, 6.07) is 15.7. The molecule has 0 bridgehead atoms. The number of urea groups is 1. The van der Waals surface area contributed by atoms with Crippen molar-refractivity contribution in [1.82, 2.24) is 15.2 Å². The zero-order valence-corrected chi connectivity index (χ0v) is 18.2. The summed E-state index contributed by atoms with van der Waals surface area (Å²) in [5.41, 5.74) is 2.61. The average Bonchev–Trinajstić information content (AvgIpc) is 3.38. The van der Waals surface area contributed by atoms with Crippen LogP contribution in [0.5, 0.6) is 5.75 Å². The van der Waals surface area contributed by atoms with E-state index < -0.39 is 18.0 Å². The zero-order valence-electron chi connectivity index (χ0n) is 18.2. The smallest absolute Gasteiger partial charge is 0.325 e. The van der Waals surface area contributed by atoms with Crippen LogP contribution >= 0.6 is 0 Å². The van der Waals surface area contributed by atoms with Gasteiger partial charge in [0.05, 0.1) is 18.9 Å². The van der Waals surface area contributed by atoms with Crippen molar-refractivity contribution < 1.29 is 19.1 Å². The molecule has 1 N–H and O–H groups in total. The van der Waals surface area contributed by atoms with Crippen LogP contribution in [-0.2, 0) is 9.59 Å². The first kappa shape index (κ1) is 21.5. The first-order valence-corrected chi connectivity index (χ1v) is 10.7. The summed E-state index contributed by atoms with van der Waals surface area (Å²) in [7, 11) is 1.60. The molecule has 32 heavy (non-hydrogen) atoms. The number of imide groups is 1. The lowest BCUT2D eigenvalue weighted by Crippen LogP contribution is -2.41. The van der Waals surface area contributed by atoms with Crippen molar-refractivity contribution in [2.75, 3.05) is 13.7 Å². The summed E-state index contributed by atoms with van der Waals surface area (Å²) in [4.78, 5) is 39.1. The van der Waals surface area contributed by atoms with E-state index >= 15 is 0 Å². The van der Waals surface area contributed by atoms with Gasteiger partial charge < -0.3 is 10.1 Å². The Balaban J connectivity index is 1.59. The molecule has 1 fully saturated rings. The minimum Gasteiger partial charge on any atom is -0.497 e. The maximum absolute atomic E-state index is 13.3. The van der Waals surface area contributed by atoms with Gasteiger partial charge in [-0.1, -0.05) is 55.8 Å². The number of rotatable bonds is 7. The average molecular weight is 434 g/mol. The van der Waals surface area contributed by atoms with E-state index in [0.29, 0.717) is 12.8 Å². The van der Waals surface area contributed by atoms with Gasteiger partial charge in [-0.25, -0.2) is 9.80 Å². The third-order valence-corrected chi connectivity index (χ3v) is 5.75. The van der Waals surface area contributed by atoms with E-state index in [4.69, 9.17) is 4.74 Å². The number of hydrogen-bond acceptors (Lipinski definition) is 5. The fourth-order valence-corrected chi connectivity index (χ4v) is 4.05. The highest BCUT2D eigenvalue weighted by Crippen LogP contribution is 2.34. The predicted octanol–water partition coefficient (Wildman–Crippen LogP) is 3.09. The second kappa shape index (κ2) is 9.21. The van der Waals surface area contributed by atoms with Crippen LogP contribution in [0.3, 0.4) is 0 Å². The van der Waals surface area contributed by atoms with Crippen molar-refractivity contribution in [3.63, 3.8) is 0 Å². The molecule has 2 unspecified atom stereocenters. The summed E-state index contributed by atoms with van der Waals surface area (Å²) in [5.74, 6) is -0.0508. The molecule has 2 aromatic rings. The van der Waals surface area contributed by atoms with Gasteiger partial charge in [-0.15, -0.1) is 0 Å². The molecule has 2 heterocycles. The molecule has 2 aromatic carbocycles. The number of nitrogens with one attached hydrogen (secondary N) is 1. The Bertz CT molecular complexity index is 1040. The summed E-state index contributed by atoms with van der Waals surface area (Å²) < 4.78 is 5.24. The number of ether oxygens (including phenoxy) is 1. The first-order valence-electron chi connectivity index (χ1n) is 10.7. The Kier molecular flexibility index (Phi) is 6.20. The number of carbonyl (C=O) groups excluding carboxylic acids is 3. The highest BCUT2D eigenvalue weighted by atomic mass is 16.5. The molecule has 0 aromatic heterocycles. The van der Waals surface area contributed by atoms with E-state index in [1.54, 1.807) is 7.11 Å². The van der Waals surface area contributed by atoms with Crippen LogP contribution in [0.15, 0.2) is 59.7 Å². The summed E-state index contributed by atoms with van der Waals surface area (Å²) in [5, 5.41) is 8.66. The van der Waals surface area contributed by atoms with Gasteiger partial charge >= 0.3 is 6.03 Å². The molecule has 0 spiro atoms. The number of hydrogen-bond donors (Lipinski definition) is 1. The minimum absolute atomic E-state index is 0.337. The summed E-state index contributed by atoms with van der Waals surface area (Å²) in [6.45, 7) is 1.60. The van der Waals surface area contributed by atoms with Gasteiger partial charge in [-0.05, 0) is 29.7 Å². The van der Waals surface area contributed by atoms with Crippen molar-refractivity contribution in [2.45, 2.75) is 38.3 Å². The number of nitrogens with zero attached hydrogens (tertiary/aromatic N) is 3. The molecule has 8 nitrogen and oxygen atoms in total. The molecule has 0 saturated carbocycles. The Hall–Kier alpha value is -3.68. The standard InChI is InChI=1S/C24H26N4O4/c1-3-7-19-23(30)27(24(31)25-19)15-22(29)28-21(17-10-12-18(32-2)13-11-17)14-20(26-28)16-8-5-4-6-9-16/h4-6,8-13,19,21H,3,7,14-15H2,1-2H3,(H,25,31). The molecule has 1 saturated heterocycles. The van der Waals surface area contributed by atoms with Gasteiger partial charge in [0.2, 0.25) is 0 Å². The maximum Gasteiger partial charge on any atom is 0.325 e. The van der Waals surface area contributed by atoms with Crippen LogP contribution < -0.4 is 10.1 Å². The van der Waals surface area contributed by atoms with E-state index in [1.165, 1.54) is 5.01 Å². The molecule has 0 radical (unpaired) electrons. The number of amides is 4. The molecule has 2 atom stereocenters. The van der Waals surface area contributed by atoms with Crippen LogP contribution in [0.1, 0.15) is 43.4 Å². The van der Waals surface area contributed by atoms with Gasteiger partial charge in [0.25, 0.3) is 11.8 Å². The van der Waals surface area contributed by atoms with Gasteiger partial charge in [0.1, 0.15) is 18.3 Å². The van der Waals surface area contributed by atoms with Gasteiger partial charge in [-0.3, -0.25) is 14.5 Å². The monoisotopic (exact) mass is 434 g/mol. The lowest BCUT2D eigenvalue weighted by molar-refractivity contribution is -0.138. The minimum atomic E-state index is -0.570. The van der Waals surface area contributed by atoms with Crippen LogP contribution in [0.4, 0.5) is 4.79 Å². The lowest BCUT2D eigenvalue weighted by atomic mass is 9.98. The molecule has 2 aliphatic heterocycles. The Labute approximate surface area is 186 Å². The molecule has 166 valence electrons. The largest absolute Gasteiger partial charge is 0.497 e. The van der Waals surface area contributed by atoms with Crippen LogP contribution in [-0.4, -0.2) is 53.2 Å². The third-order valence-electron chi connectivity index (χ3n) is 5.75. The molecule has 4 amide bonds. The van der Waals surface area contributed by atoms with E-state index in [-0.39, 0.29) is 18.5 Å². The van der Waals surface area contributed by atoms with Crippen molar-refractivity contribution in [3.8, 4) is 5.75 Å². The van der Waals surface area contributed by atoms with Crippen molar-refractivity contribution in [1.29, 1.82) is 0 Å². The van der Waals surface area contributed by atoms with Crippen molar-refractivity contribution >= 4 is 23.6 Å².